The molecular formula is C22H28N2. The highest BCUT2D eigenvalue weighted by atomic mass is 15.2. The number of nitrogens with zero attached hydrogens (tertiary/aromatic N) is 2. The van der Waals surface area contributed by atoms with Gasteiger partial charge in [0, 0.05) is 24.9 Å². The van der Waals surface area contributed by atoms with E-state index in [9.17, 15) is 0 Å². The van der Waals surface area contributed by atoms with Crippen LogP contribution in [0.25, 0.3) is 11.6 Å². The van der Waals surface area contributed by atoms with Crippen LogP contribution in [-0.2, 0) is 0 Å². The van der Waals surface area contributed by atoms with Gasteiger partial charge in [0.25, 0.3) is 0 Å². The van der Waals surface area contributed by atoms with E-state index in [0.717, 1.165) is 37.7 Å². The quantitative estimate of drug-likeness (QED) is 0.703. The minimum absolute atomic E-state index is 0.761. The van der Waals surface area contributed by atoms with Gasteiger partial charge in [0.2, 0.25) is 0 Å². The predicted molar refractivity (Wildman–Crippen MR) is 105 cm³/mol. The van der Waals surface area contributed by atoms with Crippen LogP contribution >= 0.6 is 0 Å². The minimum atomic E-state index is 0.761. The third-order valence-electron chi connectivity index (χ3n) is 4.66. The summed E-state index contributed by atoms with van der Waals surface area (Å²) in [7, 11) is 0. The first-order chi connectivity index (χ1) is 11.6. The van der Waals surface area contributed by atoms with Gasteiger partial charge in [-0.15, -0.1) is 0 Å². The van der Waals surface area contributed by atoms with Gasteiger partial charge in [0.15, 0.2) is 0 Å². The Labute approximate surface area is 146 Å². The van der Waals surface area contributed by atoms with Crippen LogP contribution in [0.4, 0.5) is 0 Å². The van der Waals surface area contributed by atoms with Crippen LogP contribution in [-0.4, -0.2) is 23.8 Å². The molecule has 0 fully saturated rings. The van der Waals surface area contributed by atoms with Crippen molar-refractivity contribution in [1.82, 2.24) is 4.90 Å². The lowest BCUT2D eigenvalue weighted by molar-refractivity contribution is 0.511. The molecule has 0 aromatic heterocycles. The van der Waals surface area contributed by atoms with Crippen molar-refractivity contribution >= 4 is 17.5 Å². The number of hydrogen-bond donors (Lipinski definition) is 0. The largest absolute Gasteiger partial charge is 0.333 e. The highest BCUT2D eigenvalue weighted by Gasteiger charge is 2.20. The zero-order valence-corrected chi connectivity index (χ0v) is 15.1. The average Bonchev–Trinajstić information content (AvgIpc) is 2.59. The monoisotopic (exact) mass is 320 g/mol. The number of fused-ring (bicyclic) bond motifs is 1. The number of amidine groups is 1. The molecule has 0 saturated heterocycles. The fourth-order valence-corrected chi connectivity index (χ4v) is 3.18. The summed E-state index contributed by atoms with van der Waals surface area (Å²) in [6.45, 7) is 8.75. The summed E-state index contributed by atoms with van der Waals surface area (Å²) in [6, 6.07) is 6.76. The van der Waals surface area contributed by atoms with E-state index < -0.39 is 0 Å². The molecule has 0 atom stereocenters. The molecule has 0 bridgehead atoms. The summed E-state index contributed by atoms with van der Waals surface area (Å²) >= 11 is 0. The maximum Gasteiger partial charge on any atom is 0.135 e. The maximum atomic E-state index is 4.76. The standard InChI is InChI=1S/C22H28N2/c1-17(2)8-4-5-9-19-16-20(12-11-18(19)3)21-10-6-14-24-15-7-13-23-22(21)24/h5-6,9-12,14,16-17H,4,7-8,13,15H2,1-3H3/b9-5-. The summed E-state index contributed by atoms with van der Waals surface area (Å²) in [5.74, 6) is 1.89. The number of rotatable bonds is 5. The van der Waals surface area contributed by atoms with Crippen molar-refractivity contribution in [2.24, 2.45) is 10.9 Å². The van der Waals surface area contributed by atoms with Gasteiger partial charge in [0.1, 0.15) is 5.84 Å². The zero-order chi connectivity index (χ0) is 16.9. The van der Waals surface area contributed by atoms with Gasteiger partial charge in [-0.05, 0) is 67.0 Å². The number of aliphatic imine (C=N–C) groups is 1. The fraction of sp³-hybridized carbons (Fsp3) is 0.409. The molecule has 0 amide bonds. The Kier molecular flexibility index (Phi) is 5.34. The minimum Gasteiger partial charge on any atom is -0.333 e. The average molecular weight is 320 g/mol. The Morgan fingerprint density at radius 3 is 3.00 bits per heavy atom. The van der Waals surface area contributed by atoms with Gasteiger partial charge in [-0.2, -0.15) is 0 Å². The molecule has 2 heteroatoms. The van der Waals surface area contributed by atoms with E-state index in [4.69, 9.17) is 4.99 Å². The summed E-state index contributed by atoms with van der Waals surface area (Å²) in [4.78, 5) is 7.04. The second-order valence-electron chi connectivity index (χ2n) is 7.12. The van der Waals surface area contributed by atoms with E-state index in [2.05, 4.69) is 74.4 Å². The lowest BCUT2D eigenvalue weighted by Gasteiger charge is -2.30. The van der Waals surface area contributed by atoms with Crippen molar-refractivity contribution in [3.63, 3.8) is 0 Å². The molecule has 2 nitrogen and oxygen atoms in total. The number of hydrogen-bond acceptors (Lipinski definition) is 2. The Morgan fingerprint density at radius 1 is 1.29 bits per heavy atom. The third kappa shape index (κ3) is 3.87. The van der Waals surface area contributed by atoms with Gasteiger partial charge < -0.3 is 4.90 Å². The fourth-order valence-electron chi connectivity index (χ4n) is 3.18. The first-order valence-electron chi connectivity index (χ1n) is 9.12. The molecule has 0 saturated carbocycles. The normalized spacial score (nSPS) is 17.2. The van der Waals surface area contributed by atoms with Crippen molar-refractivity contribution in [3.8, 4) is 0 Å². The molecule has 0 unspecified atom stereocenters. The number of aryl methyl sites for hydroxylation is 1. The predicted octanol–water partition coefficient (Wildman–Crippen LogP) is 5.46. The van der Waals surface area contributed by atoms with Gasteiger partial charge in [0.05, 0.1) is 0 Å². The molecule has 1 aromatic carbocycles. The Hall–Kier alpha value is -2.09. The smallest absolute Gasteiger partial charge is 0.135 e. The Balaban J connectivity index is 1.84. The van der Waals surface area contributed by atoms with Crippen LogP contribution < -0.4 is 0 Å². The van der Waals surface area contributed by atoms with Crippen LogP contribution in [0.2, 0.25) is 0 Å². The highest BCUT2D eigenvalue weighted by Crippen LogP contribution is 2.26. The van der Waals surface area contributed by atoms with Crippen molar-refractivity contribution in [2.45, 2.75) is 40.0 Å². The van der Waals surface area contributed by atoms with Crippen LogP contribution in [0.3, 0.4) is 0 Å². The van der Waals surface area contributed by atoms with Crippen molar-refractivity contribution in [2.75, 3.05) is 13.1 Å². The molecule has 0 aliphatic carbocycles. The Bertz CT molecular complexity index is 705. The molecule has 0 spiro atoms. The molecule has 0 N–H and O–H groups in total. The van der Waals surface area contributed by atoms with E-state index in [0.29, 0.717) is 0 Å². The van der Waals surface area contributed by atoms with E-state index in [1.165, 1.54) is 28.7 Å². The van der Waals surface area contributed by atoms with Crippen LogP contribution in [0, 0.1) is 12.8 Å². The topological polar surface area (TPSA) is 15.6 Å². The molecule has 24 heavy (non-hydrogen) atoms. The van der Waals surface area contributed by atoms with E-state index in [-0.39, 0.29) is 0 Å². The van der Waals surface area contributed by atoms with Gasteiger partial charge in [-0.3, -0.25) is 4.99 Å². The van der Waals surface area contributed by atoms with Crippen molar-refractivity contribution in [1.29, 1.82) is 0 Å². The molecular weight excluding hydrogens is 292 g/mol. The first-order valence-corrected chi connectivity index (χ1v) is 9.12. The number of allylic oxidation sites excluding steroid dienone is 3. The summed E-state index contributed by atoms with van der Waals surface area (Å²) in [6.07, 6.45) is 14.6. The molecule has 2 aliphatic rings. The summed E-state index contributed by atoms with van der Waals surface area (Å²) in [5, 5.41) is 0. The lowest BCUT2D eigenvalue weighted by Crippen LogP contribution is -2.33. The second-order valence-corrected chi connectivity index (χ2v) is 7.12. The van der Waals surface area contributed by atoms with Crippen molar-refractivity contribution < 1.29 is 0 Å². The van der Waals surface area contributed by atoms with Crippen molar-refractivity contribution in [3.05, 3.63) is 59.3 Å². The molecule has 0 radical (unpaired) electrons. The van der Waals surface area contributed by atoms with E-state index in [1.807, 2.05) is 0 Å². The van der Waals surface area contributed by atoms with Crippen LogP contribution in [0.5, 0.6) is 0 Å². The highest BCUT2D eigenvalue weighted by molar-refractivity contribution is 6.24. The maximum absolute atomic E-state index is 4.76. The Morgan fingerprint density at radius 2 is 2.17 bits per heavy atom. The third-order valence-corrected chi connectivity index (χ3v) is 4.66. The summed E-state index contributed by atoms with van der Waals surface area (Å²) in [5.41, 5.74) is 5.15. The van der Waals surface area contributed by atoms with Gasteiger partial charge in [-0.25, -0.2) is 0 Å². The second kappa shape index (κ2) is 7.65. The molecule has 126 valence electrons. The summed E-state index contributed by atoms with van der Waals surface area (Å²) < 4.78 is 0. The van der Waals surface area contributed by atoms with Crippen LogP contribution in [0.1, 0.15) is 49.8 Å². The zero-order valence-electron chi connectivity index (χ0n) is 15.1. The van der Waals surface area contributed by atoms with E-state index >= 15 is 0 Å². The molecule has 3 rings (SSSR count). The lowest BCUT2D eigenvalue weighted by atomic mass is 9.96. The van der Waals surface area contributed by atoms with Gasteiger partial charge >= 0.3 is 0 Å². The SMILES string of the molecule is Cc1ccc(C2=CC=CN3CCCN=C23)cc1/C=C\CCC(C)C. The number of benzene rings is 1. The molecule has 2 heterocycles. The van der Waals surface area contributed by atoms with Gasteiger partial charge in [-0.1, -0.05) is 38.1 Å². The molecule has 1 aromatic rings. The molecule has 2 aliphatic heterocycles. The first kappa shape index (κ1) is 16.8. The van der Waals surface area contributed by atoms with E-state index in [1.54, 1.807) is 0 Å². The van der Waals surface area contributed by atoms with Crippen LogP contribution in [0.15, 0.2) is 47.6 Å².